The quantitative estimate of drug-likeness (QED) is 0.403. The number of nitrogens with one attached hydrogen (secondary N) is 1. The van der Waals surface area contributed by atoms with E-state index in [0.29, 0.717) is 22.3 Å². The molecule has 4 aromatic rings. The van der Waals surface area contributed by atoms with Gasteiger partial charge in [-0.3, -0.25) is 4.79 Å². The molecule has 1 amide bonds. The van der Waals surface area contributed by atoms with Gasteiger partial charge in [0.15, 0.2) is 6.61 Å². The second-order valence-electron chi connectivity index (χ2n) is 7.38. The average Bonchev–Trinajstić information content (AvgIpc) is 2.85. The van der Waals surface area contributed by atoms with E-state index in [1.54, 1.807) is 61.7 Å². The molecule has 4 rings (SSSR count). The molecule has 8 nitrogen and oxygen atoms in total. The number of carboxylic acids is 1. The molecule has 0 aliphatic carbocycles. The van der Waals surface area contributed by atoms with Crippen LogP contribution < -0.4 is 25.5 Å². The van der Waals surface area contributed by atoms with Crippen molar-refractivity contribution in [3.8, 4) is 22.6 Å². The van der Waals surface area contributed by atoms with E-state index in [1.807, 2.05) is 12.1 Å². The van der Waals surface area contributed by atoms with Gasteiger partial charge >= 0.3 is 5.63 Å². The minimum atomic E-state index is -1.43. The summed E-state index contributed by atoms with van der Waals surface area (Å²) in [5.74, 6) is -1.11. The topological polar surface area (TPSA) is 118 Å². The van der Waals surface area contributed by atoms with Crippen molar-refractivity contribution in [3.05, 3.63) is 94.8 Å². The molecule has 0 unspecified atom stereocenters. The van der Waals surface area contributed by atoms with Gasteiger partial charge in [0.1, 0.15) is 17.1 Å². The van der Waals surface area contributed by atoms with E-state index < -0.39 is 30.2 Å². The van der Waals surface area contributed by atoms with Crippen LogP contribution in [0.2, 0.25) is 0 Å². The van der Waals surface area contributed by atoms with E-state index in [9.17, 15) is 19.5 Å². The molecule has 0 saturated heterocycles. The molecule has 1 aromatic heterocycles. The van der Waals surface area contributed by atoms with E-state index in [4.69, 9.17) is 13.9 Å². The van der Waals surface area contributed by atoms with Crippen molar-refractivity contribution in [1.82, 2.24) is 5.32 Å². The summed E-state index contributed by atoms with van der Waals surface area (Å²) in [6, 6.07) is 20.4. The van der Waals surface area contributed by atoms with Gasteiger partial charge < -0.3 is 29.1 Å². The molecule has 0 bridgehead atoms. The molecule has 0 aliphatic rings. The Morgan fingerprint density at radius 3 is 2.35 bits per heavy atom. The highest BCUT2D eigenvalue weighted by atomic mass is 16.5. The largest absolute Gasteiger partial charge is 0.548 e. The number of carbonyl (C=O) groups excluding carboxylic acids is 2. The molecule has 0 spiro atoms. The van der Waals surface area contributed by atoms with Gasteiger partial charge in [0.2, 0.25) is 0 Å². The molecule has 34 heavy (non-hydrogen) atoms. The normalized spacial score (nSPS) is 11.6. The molecular formula is C26H20NO7-. The van der Waals surface area contributed by atoms with Gasteiger partial charge in [-0.2, -0.15) is 0 Å². The van der Waals surface area contributed by atoms with Gasteiger partial charge in [-0.05, 0) is 41.0 Å². The van der Waals surface area contributed by atoms with Crippen LogP contribution >= 0.6 is 0 Å². The minimum Gasteiger partial charge on any atom is -0.548 e. The molecule has 0 aliphatic heterocycles. The van der Waals surface area contributed by atoms with Crippen molar-refractivity contribution >= 4 is 22.8 Å². The molecule has 8 heteroatoms. The zero-order valence-corrected chi connectivity index (χ0v) is 18.1. The van der Waals surface area contributed by atoms with E-state index in [2.05, 4.69) is 5.32 Å². The fraction of sp³-hybridized carbons (Fsp3) is 0.115. The number of amides is 1. The van der Waals surface area contributed by atoms with Gasteiger partial charge in [0.05, 0.1) is 19.1 Å². The maximum Gasteiger partial charge on any atom is 0.336 e. The Balaban J connectivity index is 1.51. The Labute approximate surface area is 194 Å². The number of fused-ring (bicyclic) bond motifs is 1. The highest BCUT2D eigenvalue weighted by molar-refractivity contribution is 5.94. The average molecular weight is 458 g/mol. The van der Waals surface area contributed by atoms with Crippen LogP contribution in [0.5, 0.6) is 11.5 Å². The predicted molar refractivity (Wildman–Crippen MR) is 122 cm³/mol. The minimum absolute atomic E-state index is 0.280. The number of rotatable bonds is 8. The predicted octanol–water partition coefficient (Wildman–Crippen LogP) is 2.45. The molecule has 3 aromatic carbocycles. The van der Waals surface area contributed by atoms with Gasteiger partial charge in [-0.1, -0.05) is 42.5 Å². The molecule has 1 N–H and O–H groups in total. The Morgan fingerprint density at radius 2 is 1.68 bits per heavy atom. The Morgan fingerprint density at radius 1 is 0.971 bits per heavy atom. The fourth-order valence-electron chi connectivity index (χ4n) is 3.52. The van der Waals surface area contributed by atoms with Gasteiger partial charge in [-0.15, -0.1) is 0 Å². The summed E-state index contributed by atoms with van der Waals surface area (Å²) in [6.07, 6.45) is 0. The lowest BCUT2D eigenvalue weighted by atomic mass is 10.0. The lowest BCUT2D eigenvalue weighted by Crippen LogP contribution is -2.42. The lowest BCUT2D eigenvalue weighted by molar-refractivity contribution is -0.308. The molecule has 0 saturated carbocycles. The third kappa shape index (κ3) is 5.07. The van der Waals surface area contributed by atoms with E-state index >= 15 is 0 Å². The summed E-state index contributed by atoms with van der Waals surface area (Å²) in [4.78, 5) is 35.9. The number of methoxy groups -OCH3 is 1. The van der Waals surface area contributed by atoms with Crippen molar-refractivity contribution in [2.24, 2.45) is 0 Å². The van der Waals surface area contributed by atoms with Crippen molar-refractivity contribution in [2.45, 2.75) is 6.04 Å². The molecule has 0 radical (unpaired) electrons. The third-order valence-corrected chi connectivity index (χ3v) is 5.16. The number of ether oxygens (including phenoxy) is 2. The Kier molecular flexibility index (Phi) is 6.59. The summed E-state index contributed by atoms with van der Waals surface area (Å²) in [5, 5.41) is 14.5. The van der Waals surface area contributed by atoms with Crippen molar-refractivity contribution in [3.63, 3.8) is 0 Å². The number of hydrogen-bond acceptors (Lipinski definition) is 7. The van der Waals surface area contributed by atoms with Crippen LogP contribution in [0, 0.1) is 0 Å². The highest BCUT2D eigenvalue weighted by Gasteiger charge is 2.16. The summed E-state index contributed by atoms with van der Waals surface area (Å²) >= 11 is 0. The van der Waals surface area contributed by atoms with Crippen LogP contribution in [-0.4, -0.2) is 25.6 Å². The number of carbonyl (C=O) groups is 2. The van der Waals surface area contributed by atoms with Crippen molar-refractivity contribution in [1.29, 1.82) is 0 Å². The van der Waals surface area contributed by atoms with Crippen LogP contribution in [0.25, 0.3) is 22.1 Å². The standard InChI is InChI=1S/C26H21NO7/c1-32-18-9-7-16(8-10-18)21-14-24(29)34-22-13-19(11-12-20(21)22)33-15-23(28)27-25(26(30)31)17-5-3-2-4-6-17/h2-14,25H,15H2,1H3,(H,27,28)(H,30,31)/p-1/t25-/m0/s1. The summed E-state index contributed by atoms with van der Waals surface area (Å²) in [5.41, 5.74) is 1.62. The number of hydrogen-bond donors (Lipinski definition) is 1. The van der Waals surface area contributed by atoms with E-state index in [1.165, 1.54) is 12.1 Å². The Bertz CT molecular complexity index is 1380. The fourth-order valence-corrected chi connectivity index (χ4v) is 3.52. The third-order valence-electron chi connectivity index (χ3n) is 5.16. The highest BCUT2D eigenvalue weighted by Crippen LogP contribution is 2.30. The number of aliphatic carboxylic acids is 1. The summed E-state index contributed by atoms with van der Waals surface area (Å²) in [6.45, 7) is -0.440. The van der Waals surface area contributed by atoms with Gasteiger partial charge in [-0.25, -0.2) is 4.79 Å². The first-order chi connectivity index (χ1) is 16.4. The van der Waals surface area contributed by atoms with E-state index in [-0.39, 0.29) is 11.3 Å². The van der Waals surface area contributed by atoms with Crippen LogP contribution in [0.1, 0.15) is 11.6 Å². The monoisotopic (exact) mass is 458 g/mol. The maximum atomic E-state index is 12.3. The number of carboxylic acid groups (broad SMARTS) is 1. The number of benzene rings is 3. The SMILES string of the molecule is COc1ccc(-c2cc(=O)oc3cc(OCC(=O)N[C@H](C(=O)[O-])c4ccccc4)ccc23)cc1. The molecule has 0 fully saturated rings. The molecular weight excluding hydrogens is 438 g/mol. The molecule has 1 heterocycles. The Hall–Kier alpha value is -4.59. The van der Waals surface area contributed by atoms with Crippen molar-refractivity contribution < 1.29 is 28.6 Å². The molecule has 1 atom stereocenters. The lowest BCUT2D eigenvalue weighted by Gasteiger charge is -2.20. The van der Waals surface area contributed by atoms with Crippen LogP contribution in [0.4, 0.5) is 0 Å². The van der Waals surface area contributed by atoms with Gasteiger partial charge in [0.25, 0.3) is 5.91 Å². The molecule has 172 valence electrons. The maximum absolute atomic E-state index is 12.3. The first kappa shape index (κ1) is 22.6. The van der Waals surface area contributed by atoms with Crippen LogP contribution in [0.15, 0.2) is 88.1 Å². The summed E-state index contributed by atoms with van der Waals surface area (Å²) in [7, 11) is 1.57. The first-order valence-corrected chi connectivity index (χ1v) is 10.3. The summed E-state index contributed by atoms with van der Waals surface area (Å²) < 4.78 is 16.0. The second kappa shape index (κ2) is 9.91. The van der Waals surface area contributed by atoms with Crippen molar-refractivity contribution in [2.75, 3.05) is 13.7 Å². The van der Waals surface area contributed by atoms with Gasteiger partial charge in [0, 0.05) is 17.5 Å². The van der Waals surface area contributed by atoms with Crippen LogP contribution in [-0.2, 0) is 9.59 Å². The zero-order chi connectivity index (χ0) is 24.1. The van der Waals surface area contributed by atoms with Crippen LogP contribution in [0.3, 0.4) is 0 Å². The second-order valence-corrected chi connectivity index (χ2v) is 7.38. The first-order valence-electron chi connectivity index (χ1n) is 10.3. The smallest absolute Gasteiger partial charge is 0.336 e. The van der Waals surface area contributed by atoms with E-state index in [0.717, 1.165) is 5.56 Å². The zero-order valence-electron chi connectivity index (χ0n) is 18.1.